The molecule has 2 atom stereocenters. The summed E-state index contributed by atoms with van der Waals surface area (Å²) in [5, 5.41) is 1.44. The van der Waals surface area contributed by atoms with Crippen LogP contribution < -0.4 is 10.5 Å². The lowest BCUT2D eigenvalue weighted by molar-refractivity contribution is -0.135. The average molecular weight is 348 g/mol. The molecular weight excluding hydrogens is 326 g/mol. The van der Waals surface area contributed by atoms with Crippen molar-refractivity contribution in [2.45, 2.75) is 25.8 Å². The van der Waals surface area contributed by atoms with Gasteiger partial charge in [0.05, 0.1) is 5.02 Å². The monoisotopic (exact) mass is 347 g/mol. The van der Waals surface area contributed by atoms with Crippen LogP contribution in [0.15, 0.2) is 30.5 Å². The number of piperidine rings is 1. The lowest BCUT2D eigenvalue weighted by atomic mass is 9.92. The molecule has 0 bridgehead atoms. The van der Waals surface area contributed by atoms with Crippen LogP contribution in [-0.4, -0.2) is 41.5 Å². The Kier molecular flexibility index (Phi) is 5.21. The van der Waals surface area contributed by atoms with Crippen LogP contribution in [0.4, 0.5) is 0 Å². The van der Waals surface area contributed by atoms with Crippen LogP contribution in [-0.2, 0) is 4.79 Å². The minimum atomic E-state index is -0.0145. The maximum atomic E-state index is 12.5. The van der Waals surface area contributed by atoms with Crippen molar-refractivity contribution in [2.24, 2.45) is 11.7 Å². The second-order valence-electron chi connectivity index (χ2n) is 6.33. The number of carbonyl (C=O) groups excluding carboxylic acids is 1. The Hall–Kier alpha value is -1.85. The summed E-state index contributed by atoms with van der Waals surface area (Å²) in [7, 11) is 0. The van der Waals surface area contributed by atoms with E-state index in [1.165, 1.54) is 0 Å². The highest BCUT2D eigenvalue weighted by atomic mass is 35.5. The highest BCUT2D eigenvalue weighted by Gasteiger charge is 2.26. The van der Waals surface area contributed by atoms with E-state index in [9.17, 15) is 4.79 Å². The Balaban J connectivity index is 1.68. The van der Waals surface area contributed by atoms with Crippen LogP contribution in [0.2, 0.25) is 5.02 Å². The molecule has 2 unspecified atom stereocenters. The summed E-state index contributed by atoms with van der Waals surface area (Å²) in [6.07, 6.45) is 3.75. The van der Waals surface area contributed by atoms with E-state index in [0.717, 1.165) is 24.8 Å². The molecule has 5 nitrogen and oxygen atoms in total. The molecule has 2 N–H and O–H groups in total. The van der Waals surface area contributed by atoms with E-state index in [4.69, 9.17) is 22.1 Å². The highest BCUT2D eigenvalue weighted by molar-refractivity contribution is 6.35. The zero-order chi connectivity index (χ0) is 17.1. The number of likely N-dealkylation sites (tertiary alicyclic amines) is 1. The van der Waals surface area contributed by atoms with Gasteiger partial charge in [-0.3, -0.25) is 9.78 Å². The summed E-state index contributed by atoms with van der Waals surface area (Å²) < 4.78 is 5.74. The van der Waals surface area contributed by atoms with Gasteiger partial charge in [-0.1, -0.05) is 11.6 Å². The molecule has 1 amide bonds. The predicted molar refractivity (Wildman–Crippen MR) is 95.2 cm³/mol. The van der Waals surface area contributed by atoms with Gasteiger partial charge in [0.25, 0.3) is 5.91 Å². The molecule has 1 fully saturated rings. The normalized spacial score (nSPS) is 19.3. The van der Waals surface area contributed by atoms with Crippen molar-refractivity contribution in [3.8, 4) is 5.75 Å². The molecule has 0 saturated carbocycles. The van der Waals surface area contributed by atoms with Gasteiger partial charge in [-0.15, -0.1) is 0 Å². The second-order valence-corrected chi connectivity index (χ2v) is 6.74. The highest BCUT2D eigenvalue weighted by Crippen LogP contribution is 2.29. The predicted octanol–water partition coefficient (Wildman–Crippen LogP) is 2.85. The number of pyridine rings is 1. The molecular formula is C18H22ClN3O2. The Bertz CT molecular complexity index is 735. The molecule has 1 aromatic carbocycles. The van der Waals surface area contributed by atoms with Crippen molar-refractivity contribution < 1.29 is 9.53 Å². The number of amides is 1. The molecule has 6 heteroatoms. The van der Waals surface area contributed by atoms with Crippen molar-refractivity contribution in [1.82, 2.24) is 9.88 Å². The number of carbonyl (C=O) groups is 1. The molecule has 2 aromatic rings. The lowest BCUT2D eigenvalue weighted by Crippen LogP contribution is -2.46. The fourth-order valence-corrected chi connectivity index (χ4v) is 3.34. The number of hydrogen-bond donors (Lipinski definition) is 1. The first-order valence-electron chi connectivity index (χ1n) is 8.25. The van der Waals surface area contributed by atoms with Crippen LogP contribution in [0.1, 0.15) is 19.8 Å². The van der Waals surface area contributed by atoms with Gasteiger partial charge in [0.2, 0.25) is 0 Å². The van der Waals surface area contributed by atoms with E-state index in [1.54, 1.807) is 18.3 Å². The number of hydrogen-bond acceptors (Lipinski definition) is 4. The Morgan fingerprint density at radius 1 is 1.50 bits per heavy atom. The molecule has 1 saturated heterocycles. The minimum Gasteiger partial charge on any atom is -0.481 e. The zero-order valence-corrected chi connectivity index (χ0v) is 14.5. The largest absolute Gasteiger partial charge is 0.481 e. The van der Waals surface area contributed by atoms with Crippen LogP contribution in [0, 0.1) is 5.92 Å². The number of fused-ring (bicyclic) bond motifs is 1. The van der Waals surface area contributed by atoms with Gasteiger partial charge in [0.1, 0.15) is 11.3 Å². The molecule has 0 spiro atoms. The number of aromatic nitrogens is 1. The second kappa shape index (κ2) is 7.36. The summed E-state index contributed by atoms with van der Waals surface area (Å²) in [5.41, 5.74) is 6.65. The van der Waals surface area contributed by atoms with E-state index >= 15 is 0 Å². The maximum Gasteiger partial charge on any atom is 0.260 e. The number of nitrogens with two attached hydrogens (primary N) is 1. The van der Waals surface area contributed by atoms with Crippen molar-refractivity contribution in [1.29, 1.82) is 0 Å². The molecule has 128 valence electrons. The molecule has 3 rings (SSSR count). The Labute approximate surface area is 146 Å². The van der Waals surface area contributed by atoms with E-state index in [1.807, 2.05) is 24.0 Å². The number of rotatable bonds is 4. The third-order valence-electron chi connectivity index (χ3n) is 4.58. The first-order chi connectivity index (χ1) is 11.6. The molecule has 2 heterocycles. The first kappa shape index (κ1) is 17.0. The topological polar surface area (TPSA) is 68.5 Å². The number of benzene rings is 1. The van der Waals surface area contributed by atoms with Crippen molar-refractivity contribution in [3.63, 3.8) is 0 Å². The molecule has 0 aliphatic carbocycles. The molecule has 24 heavy (non-hydrogen) atoms. The Morgan fingerprint density at radius 3 is 3.12 bits per heavy atom. The number of halogens is 1. The van der Waals surface area contributed by atoms with Gasteiger partial charge < -0.3 is 15.4 Å². The van der Waals surface area contributed by atoms with Crippen LogP contribution >= 0.6 is 11.6 Å². The van der Waals surface area contributed by atoms with Gasteiger partial charge in [-0.2, -0.15) is 0 Å². The van der Waals surface area contributed by atoms with Crippen LogP contribution in [0.25, 0.3) is 10.9 Å². The van der Waals surface area contributed by atoms with E-state index < -0.39 is 0 Å². The summed E-state index contributed by atoms with van der Waals surface area (Å²) in [6.45, 7) is 3.48. The van der Waals surface area contributed by atoms with Crippen LogP contribution in [0.5, 0.6) is 5.75 Å². The van der Waals surface area contributed by atoms with Crippen molar-refractivity contribution >= 4 is 28.4 Å². The number of ether oxygens (including phenoxy) is 1. The SMILES string of the molecule is CC(N)C1CCCN(C(=O)COc2ccc(Cl)c3cccnc23)C1. The van der Waals surface area contributed by atoms with Crippen molar-refractivity contribution in [2.75, 3.05) is 19.7 Å². The number of nitrogens with zero attached hydrogens (tertiary/aromatic N) is 2. The van der Waals surface area contributed by atoms with E-state index in [2.05, 4.69) is 4.98 Å². The van der Waals surface area contributed by atoms with Gasteiger partial charge in [0, 0.05) is 30.7 Å². The first-order valence-corrected chi connectivity index (χ1v) is 8.63. The molecule has 0 radical (unpaired) electrons. The minimum absolute atomic E-state index is 0.00101. The molecule has 1 aliphatic heterocycles. The maximum absolute atomic E-state index is 12.5. The third-order valence-corrected chi connectivity index (χ3v) is 4.91. The van der Waals surface area contributed by atoms with Crippen molar-refractivity contribution in [3.05, 3.63) is 35.5 Å². The Morgan fingerprint density at radius 2 is 2.33 bits per heavy atom. The fourth-order valence-electron chi connectivity index (χ4n) is 3.12. The zero-order valence-electron chi connectivity index (χ0n) is 13.7. The van der Waals surface area contributed by atoms with E-state index in [0.29, 0.717) is 28.8 Å². The standard InChI is InChI=1S/C18H22ClN3O2/c1-12(20)13-4-3-9-22(10-13)17(23)11-24-16-7-6-15(19)14-5-2-8-21-18(14)16/h2,5-8,12-13H,3-4,9-11,20H2,1H3. The summed E-state index contributed by atoms with van der Waals surface area (Å²) in [6, 6.07) is 7.33. The summed E-state index contributed by atoms with van der Waals surface area (Å²) in [5.74, 6) is 0.921. The third kappa shape index (κ3) is 3.62. The van der Waals surface area contributed by atoms with Gasteiger partial charge >= 0.3 is 0 Å². The smallest absolute Gasteiger partial charge is 0.260 e. The van der Waals surface area contributed by atoms with Crippen LogP contribution in [0.3, 0.4) is 0 Å². The van der Waals surface area contributed by atoms with E-state index in [-0.39, 0.29) is 18.6 Å². The molecule has 1 aliphatic rings. The quantitative estimate of drug-likeness (QED) is 0.923. The average Bonchev–Trinajstić information content (AvgIpc) is 2.61. The molecule has 1 aromatic heterocycles. The van der Waals surface area contributed by atoms with Gasteiger partial charge in [-0.25, -0.2) is 0 Å². The summed E-state index contributed by atoms with van der Waals surface area (Å²) >= 11 is 6.18. The lowest BCUT2D eigenvalue weighted by Gasteiger charge is -2.34. The van der Waals surface area contributed by atoms with Gasteiger partial charge in [-0.05, 0) is 49.9 Å². The van der Waals surface area contributed by atoms with Gasteiger partial charge in [0.15, 0.2) is 6.61 Å². The fraction of sp³-hybridized carbons (Fsp3) is 0.444. The summed E-state index contributed by atoms with van der Waals surface area (Å²) in [4.78, 5) is 18.6.